The maximum absolute atomic E-state index is 7.71. The monoisotopic (exact) mass is 258 g/mol. The second kappa shape index (κ2) is 6.45. The number of benzene rings is 1. The van der Waals surface area contributed by atoms with Crippen LogP contribution < -0.4 is 0 Å². The van der Waals surface area contributed by atoms with E-state index in [9.17, 15) is 0 Å². The van der Waals surface area contributed by atoms with Crippen LogP contribution in [0.1, 0.15) is 56.2 Å². The van der Waals surface area contributed by atoms with E-state index in [0.29, 0.717) is 0 Å². The smallest absolute Gasteiger partial charge is 0.122 e. The van der Waals surface area contributed by atoms with Crippen LogP contribution in [0.5, 0.6) is 0 Å². The number of aromatic nitrogens is 3. The maximum Gasteiger partial charge on any atom is 0.122 e. The van der Waals surface area contributed by atoms with Gasteiger partial charge in [0.2, 0.25) is 0 Å². The van der Waals surface area contributed by atoms with Gasteiger partial charge in [-0.25, -0.2) is 0 Å². The molecule has 19 heavy (non-hydrogen) atoms. The summed E-state index contributed by atoms with van der Waals surface area (Å²) in [7, 11) is 0. The van der Waals surface area contributed by atoms with Crippen molar-refractivity contribution < 1.29 is 0 Å². The molecule has 2 aromatic rings. The Morgan fingerprint density at radius 2 is 1.89 bits per heavy atom. The Balaban J connectivity index is 2.51. The van der Waals surface area contributed by atoms with Crippen LogP contribution in [0.3, 0.4) is 0 Å². The molecule has 0 aliphatic carbocycles. The maximum atomic E-state index is 7.71. The lowest BCUT2D eigenvalue weighted by atomic mass is 9.92. The van der Waals surface area contributed by atoms with Gasteiger partial charge in [-0.15, -0.1) is 0 Å². The SMILES string of the molecule is CCCCc1cc2n[nH]nc2c(C=N)c1CCCC. The average Bonchev–Trinajstić information content (AvgIpc) is 2.89. The number of nitrogens with one attached hydrogen (secondary N) is 2. The number of hydrogen-bond donors (Lipinski definition) is 2. The van der Waals surface area contributed by atoms with Crippen molar-refractivity contribution >= 4 is 17.2 Å². The molecule has 0 amide bonds. The molecule has 0 aliphatic heterocycles. The van der Waals surface area contributed by atoms with Gasteiger partial charge in [-0.1, -0.05) is 26.7 Å². The van der Waals surface area contributed by atoms with Crippen molar-refractivity contribution in [2.75, 3.05) is 0 Å². The van der Waals surface area contributed by atoms with Crippen LogP contribution >= 0.6 is 0 Å². The molecule has 0 atom stereocenters. The molecule has 1 aromatic carbocycles. The molecular weight excluding hydrogens is 236 g/mol. The summed E-state index contributed by atoms with van der Waals surface area (Å²) in [5.74, 6) is 0. The number of H-pyrrole nitrogens is 1. The lowest BCUT2D eigenvalue weighted by Gasteiger charge is -2.12. The Hall–Kier alpha value is -1.71. The van der Waals surface area contributed by atoms with E-state index >= 15 is 0 Å². The van der Waals surface area contributed by atoms with E-state index in [1.807, 2.05) is 0 Å². The van der Waals surface area contributed by atoms with Crippen molar-refractivity contribution in [3.8, 4) is 0 Å². The van der Waals surface area contributed by atoms with Gasteiger partial charge in [-0.05, 0) is 42.9 Å². The van der Waals surface area contributed by atoms with E-state index in [0.717, 1.165) is 35.9 Å². The van der Waals surface area contributed by atoms with Crippen LogP contribution in [0.2, 0.25) is 0 Å². The highest BCUT2D eigenvalue weighted by Gasteiger charge is 2.14. The molecule has 0 unspecified atom stereocenters. The van der Waals surface area contributed by atoms with Crippen LogP contribution in [0, 0.1) is 5.41 Å². The number of hydrogen-bond acceptors (Lipinski definition) is 3. The first-order valence-electron chi connectivity index (χ1n) is 7.17. The first-order chi connectivity index (χ1) is 9.31. The Bertz CT molecular complexity index is 557. The largest absolute Gasteiger partial charge is 0.308 e. The normalized spacial score (nSPS) is 11.1. The minimum absolute atomic E-state index is 0.835. The molecule has 4 nitrogen and oxygen atoms in total. The molecule has 0 saturated carbocycles. The third kappa shape index (κ3) is 2.83. The molecule has 0 fully saturated rings. The second-order valence-corrected chi connectivity index (χ2v) is 4.97. The first-order valence-corrected chi connectivity index (χ1v) is 7.17. The Labute approximate surface area is 114 Å². The fourth-order valence-corrected chi connectivity index (χ4v) is 2.50. The van der Waals surface area contributed by atoms with Crippen LogP contribution in [-0.4, -0.2) is 21.6 Å². The number of fused-ring (bicyclic) bond motifs is 1. The number of aryl methyl sites for hydroxylation is 1. The number of aromatic amines is 1. The first kappa shape index (κ1) is 13.7. The standard InChI is InChI=1S/C15H22N4/c1-3-5-7-11-9-14-15(18-19-17-14)13(10-16)12(11)8-6-4-2/h9-10,16H,3-8H2,1-2H3,(H,17,18,19). The fraction of sp³-hybridized carbons (Fsp3) is 0.533. The van der Waals surface area contributed by atoms with E-state index in [4.69, 9.17) is 5.41 Å². The molecular formula is C15H22N4. The van der Waals surface area contributed by atoms with Gasteiger partial charge in [0.05, 0.1) is 0 Å². The summed E-state index contributed by atoms with van der Waals surface area (Å²) < 4.78 is 0. The van der Waals surface area contributed by atoms with Gasteiger partial charge in [0.15, 0.2) is 0 Å². The Kier molecular flexibility index (Phi) is 4.66. The zero-order valence-corrected chi connectivity index (χ0v) is 11.8. The highest BCUT2D eigenvalue weighted by molar-refractivity contribution is 5.97. The van der Waals surface area contributed by atoms with Gasteiger partial charge in [0.1, 0.15) is 11.0 Å². The zero-order valence-electron chi connectivity index (χ0n) is 11.8. The molecule has 0 radical (unpaired) electrons. The molecule has 102 valence electrons. The van der Waals surface area contributed by atoms with E-state index in [1.54, 1.807) is 0 Å². The molecule has 1 aromatic heterocycles. The van der Waals surface area contributed by atoms with Gasteiger partial charge in [-0.2, -0.15) is 15.4 Å². The highest BCUT2D eigenvalue weighted by atomic mass is 15.3. The van der Waals surface area contributed by atoms with Gasteiger partial charge >= 0.3 is 0 Å². The van der Waals surface area contributed by atoms with Crippen molar-refractivity contribution in [1.29, 1.82) is 5.41 Å². The molecule has 4 heteroatoms. The minimum atomic E-state index is 0.835. The van der Waals surface area contributed by atoms with Crippen LogP contribution in [0.4, 0.5) is 0 Å². The molecule has 1 heterocycles. The van der Waals surface area contributed by atoms with Gasteiger partial charge in [0, 0.05) is 11.8 Å². The summed E-state index contributed by atoms with van der Waals surface area (Å²) >= 11 is 0. The quantitative estimate of drug-likeness (QED) is 0.745. The third-order valence-corrected chi connectivity index (χ3v) is 3.58. The number of rotatable bonds is 7. The van der Waals surface area contributed by atoms with E-state index in [-0.39, 0.29) is 0 Å². The zero-order chi connectivity index (χ0) is 13.7. The lowest BCUT2D eigenvalue weighted by Crippen LogP contribution is -2.02. The molecule has 0 bridgehead atoms. The average molecular weight is 258 g/mol. The summed E-state index contributed by atoms with van der Waals surface area (Å²) in [6.45, 7) is 4.41. The summed E-state index contributed by atoms with van der Waals surface area (Å²) in [5.41, 5.74) is 5.30. The van der Waals surface area contributed by atoms with Crippen molar-refractivity contribution in [3.63, 3.8) is 0 Å². The minimum Gasteiger partial charge on any atom is -0.308 e. The summed E-state index contributed by atoms with van der Waals surface area (Å²) in [6.07, 6.45) is 8.22. The van der Waals surface area contributed by atoms with Crippen molar-refractivity contribution in [3.05, 3.63) is 22.8 Å². The Morgan fingerprint density at radius 1 is 1.16 bits per heavy atom. The third-order valence-electron chi connectivity index (χ3n) is 3.58. The van der Waals surface area contributed by atoms with Gasteiger partial charge in [0.25, 0.3) is 0 Å². The van der Waals surface area contributed by atoms with Crippen LogP contribution in [-0.2, 0) is 12.8 Å². The summed E-state index contributed by atoms with van der Waals surface area (Å²) in [5, 5.41) is 18.8. The molecule has 2 rings (SSSR count). The fourth-order valence-electron chi connectivity index (χ4n) is 2.50. The molecule has 2 N–H and O–H groups in total. The second-order valence-electron chi connectivity index (χ2n) is 4.97. The van der Waals surface area contributed by atoms with E-state index < -0.39 is 0 Å². The molecule has 0 spiro atoms. The number of nitrogens with zero attached hydrogens (tertiary/aromatic N) is 2. The predicted octanol–water partition coefficient (Wildman–Crippen LogP) is 3.64. The van der Waals surface area contributed by atoms with Crippen LogP contribution in [0.15, 0.2) is 6.07 Å². The van der Waals surface area contributed by atoms with E-state index in [2.05, 4.69) is 35.3 Å². The van der Waals surface area contributed by atoms with Gasteiger partial charge < -0.3 is 5.41 Å². The van der Waals surface area contributed by atoms with Gasteiger partial charge in [-0.3, -0.25) is 0 Å². The number of unbranched alkanes of at least 4 members (excludes halogenated alkanes) is 2. The van der Waals surface area contributed by atoms with Crippen molar-refractivity contribution in [2.45, 2.75) is 52.4 Å². The van der Waals surface area contributed by atoms with E-state index in [1.165, 1.54) is 36.6 Å². The summed E-state index contributed by atoms with van der Waals surface area (Å²) in [6, 6.07) is 2.15. The topological polar surface area (TPSA) is 65.4 Å². The van der Waals surface area contributed by atoms with Crippen molar-refractivity contribution in [1.82, 2.24) is 15.4 Å². The van der Waals surface area contributed by atoms with Crippen LogP contribution in [0.25, 0.3) is 11.0 Å². The highest BCUT2D eigenvalue weighted by Crippen LogP contribution is 2.25. The molecule has 0 saturated heterocycles. The lowest BCUT2D eigenvalue weighted by molar-refractivity contribution is 0.758. The van der Waals surface area contributed by atoms with Crippen molar-refractivity contribution in [2.24, 2.45) is 0 Å². The summed E-state index contributed by atoms with van der Waals surface area (Å²) in [4.78, 5) is 0. The predicted molar refractivity (Wildman–Crippen MR) is 79.0 cm³/mol. The Morgan fingerprint density at radius 3 is 2.58 bits per heavy atom. The molecule has 0 aliphatic rings.